The minimum atomic E-state index is -1.02. The van der Waals surface area contributed by atoms with Crippen molar-refractivity contribution in [2.45, 2.75) is 0 Å². The number of carbonyl (C=O) groups is 2. The molecule has 2 aromatic heterocycles. The van der Waals surface area contributed by atoms with Crippen molar-refractivity contribution in [1.29, 1.82) is 0 Å². The summed E-state index contributed by atoms with van der Waals surface area (Å²) in [5, 5.41) is 12.7. The van der Waals surface area contributed by atoms with E-state index in [0.29, 0.717) is 10.6 Å². The fourth-order valence-electron chi connectivity index (χ4n) is 1.83. The van der Waals surface area contributed by atoms with E-state index in [4.69, 9.17) is 9.52 Å². The Balaban J connectivity index is 1.86. The molecule has 3 rings (SSSR count). The fourth-order valence-corrected chi connectivity index (χ4v) is 3.04. The van der Waals surface area contributed by atoms with Crippen molar-refractivity contribution in [3.63, 3.8) is 0 Å². The van der Waals surface area contributed by atoms with Gasteiger partial charge in [0.1, 0.15) is 10.5 Å². The van der Waals surface area contributed by atoms with Crippen LogP contribution in [0.3, 0.4) is 0 Å². The zero-order valence-corrected chi connectivity index (χ0v) is 12.8. The number of anilines is 1. The molecule has 0 aliphatic carbocycles. The maximum atomic E-state index is 12.1. The van der Waals surface area contributed by atoms with Gasteiger partial charge in [-0.05, 0) is 40.2 Å². The molecule has 2 heterocycles. The molecule has 7 heteroatoms. The fraction of sp³-hybridized carbons (Fsp3) is 0. The standard InChI is InChI=1S/C14H8BrNO4S/c15-8-3-1-2-7-6-9(20-12(7)8)13(17)16-11-5-4-10(21-11)14(18)19/h1-6H,(H,16,17)(H,18,19). The SMILES string of the molecule is O=C(Nc1ccc(C(=O)O)s1)c1cc2cccc(Br)c2o1. The number of fused-ring (bicyclic) bond motifs is 1. The Morgan fingerprint density at radius 2 is 2.05 bits per heavy atom. The second kappa shape index (κ2) is 5.34. The van der Waals surface area contributed by atoms with Gasteiger partial charge in [0.25, 0.3) is 5.91 Å². The summed E-state index contributed by atoms with van der Waals surface area (Å²) in [5.41, 5.74) is 0.597. The Morgan fingerprint density at radius 3 is 2.71 bits per heavy atom. The average Bonchev–Trinajstić information content (AvgIpc) is 3.05. The van der Waals surface area contributed by atoms with Gasteiger partial charge in [-0.3, -0.25) is 4.79 Å². The topological polar surface area (TPSA) is 79.5 Å². The summed E-state index contributed by atoms with van der Waals surface area (Å²) in [6.07, 6.45) is 0. The van der Waals surface area contributed by atoms with Gasteiger partial charge >= 0.3 is 5.97 Å². The summed E-state index contributed by atoms with van der Waals surface area (Å²) < 4.78 is 6.28. The number of para-hydroxylation sites is 1. The molecular weight excluding hydrogens is 358 g/mol. The number of thiophene rings is 1. The maximum absolute atomic E-state index is 12.1. The molecule has 0 spiro atoms. The van der Waals surface area contributed by atoms with E-state index < -0.39 is 11.9 Å². The number of nitrogens with one attached hydrogen (secondary N) is 1. The van der Waals surface area contributed by atoms with Gasteiger partial charge in [0.2, 0.25) is 0 Å². The van der Waals surface area contributed by atoms with Crippen LogP contribution in [0, 0.1) is 0 Å². The number of carbonyl (C=O) groups excluding carboxylic acids is 1. The van der Waals surface area contributed by atoms with Crippen LogP contribution in [0.4, 0.5) is 5.00 Å². The molecule has 1 amide bonds. The summed E-state index contributed by atoms with van der Waals surface area (Å²) in [6.45, 7) is 0. The molecular formula is C14H8BrNO4S. The summed E-state index contributed by atoms with van der Waals surface area (Å²) in [6, 6.07) is 10.1. The molecule has 0 bridgehead atoms. The van der Waals surface area contributed by atoms with E-state index in [1.165, 1.54) is 6.07 Å². The summed E-state index contributed by atoms with van der Waals surface area (Å²) in [7, 11) is 0. The molecule has 0 saturated carbocycles. The number of hydrogen-bond acceptors (Lipinski definition) is 4. The number of rotatable bonds is 3. The number of aromatic carboxylic acids is 1. The van der Waals surface area contributed by atoms with E-state index in [1.54, 1.807) is 12.1 Å². The van der Waals surface area contributed by atoms with Gasteiger partial charge in [-0.25, -0.2) is 4.79 Å². The van der Waals surface area contributed by atoms with Crippen molar-refractivity contribution in [3.05, 3.63) is 51.5 Å². The second-order valence-electron chi connectivity index (χ2n) is 4.19. The smallest absolute Gasteiger partial charge is 0.345 e. The first kappa shape index (κ1) is 13.8. The van der Waals surface area contributed by atoms with Crippen molar-refractivity contribution < 1.29 is 19.1 Å². The van der Waals surface area contributed by atoms with Crippen molar-refractivity contribution in [3.8, 4) is 0 Å². The normalized spacial score (nSPS) is 10.7. The third kappa shape index (κ3) is 2.70. The van der Waals surface area contributed by atoms with Gasteiger partial charge in [-0.15, -0.1) is 11.3 Å². The number of halogens is 1. The number of carboxylic acid groups (broad SMARTS) is 1. The molecule has 21 heavy (non-hydrogen) atoms. The molecule has 5 nitrogen and oxygen atoms in total. The first-order valence-electron chi connectivity index (χ1n) is 5.87. The van der Waals surface area contributed by atoms with E-state index in [2.05, 4.69) is 21.2 Å². The van der Waals surface area contributed by atoms with Gasteiger partial charge in [0.05, 0.1) is 9.47 Å². The van der Waals surface area contributed by atoms with Gasteiger partial charge < -0.3 is 14.8 Å². The molecule has 2 N–H and O–H groups in total. The zero-order valence-electron chi connectivity index (χ0n) is 10.4. The van der Waals surface area contributed by atoms with Crippen LogP contribution in [0.15, 0.2) is 45.3 Å². The van der Waals surface area contributed by atoms with Crippen LogP contribution in [-0.2, 0) is 0 Å². The minimum Gasteiger partial charge on any atom is -0.477 e. The molecule has 0 unspecified atom stereocenters. The van der Waals surface area contributed by atoms with Crippen molar-refractivity contribution in [2.24, 2.45) is 0 Å². The molecule has 106 valence electrons. The molecule has 3 aromatic rings. The number of carboxylic acids is 1. The lowest BCUT2D eigenvalue weighted by atomic mass is 10.2. The first-order valence-corrected chi connectivity index (χ1v) is 7.48. The lowest BCUT2D eigenvalue weighted by Gasteiger charge is -1.98. The first-order chi connectivity index (χ1) is 10.0. The quantitative estimate of drug-likeness (QED) is 0.728. The second-order valence-corrected chi connectivity index (χ2v) is 6.13. The van der Waals surface area contributed by atoms with Crippen LogP contribution in [0.1, 0.15) is 20.2 Å². The van der Waals surface area contributed by atoms with Gasteiger partial charge in [-0.1, -0.05) is 12.1 Å². The Hall–Kier alpha value is -2.12. The van der Waals surface area contributed by atoms with Crippen LogP contribution in [0.5, 0.6) is 0 Å². The van der Waals surface area contributed by atoms with E-state index in [1.807, 2.05) is 18.2 Å². The third-order valence-corrected chi connectivity index (χ3v) is 4.39. The highest BCUT2D eigenvalue weighted by molar-refractivity contribution is 9.10. The van der Waals surface area contributed by atoms with Crippen molar-refractivity contribution in [1.82, 2.24) is 0 Å². The molecule has 0 fully saturated rings. The summed E-state index contributed by atoms with van der Waals surface area (Å²) in [5.74, 6) is -1.27. The lowest BCUT2D eigenvalue weighted by Crippen LogP contribution is -2.09. The third-order valence-electron chi connectivity index (χ3n) is 2.77. The molecule has 0 aliphatic rings. The predicted molar refractivity (Wildman–Crippen MR) is 83.1 cm³/mol. The Labute approximate surface area is 131 Å². The maximum Gasteiger partial charge on any atom is 0.345 e. The summed E-state index contributed by atoms with van der Waals surface area (Å²) >= 11 is 4.35. The van der Waals surface area contributed by atoms with Crippen LogP contribution in [0.2, 0.25) is 0 Å². The van der Waals surface area contributed by atoms with Crippen molar-refractivity contribution in [2.75, 3.05) is 5.32 Å². The Kier molecular flexibility index (Phi) is 3.52. The van der Waals surface area contributed by atoms with Gasteiger partial charge in [-0.2, -0.15) is 0 Å². The molecule has 0 atom stereocenters. The lowest BCUT2D eigenvalue weighted by molar-refractivity contribution is 0.0702. The Morgan fingerprint density at radius 1 is 1.24 bits per heavy atom. The number of hydrogen-bond donors (Lipinski definition) is 2. The van der Waals surface area contributed by atoms with E-state index in [0.717, 1.165) is 21.2 Å². The Bertz CT molecular complexity index is 852. The average molecular weight is 366 g/mol. The van der Waals surface area contributed by atoms with Crippen LogP contribution < -0.4 is 5.32 Å². The minimum absolute atomic E-state index is 0.164. The highest BCUT2D eigenvalue weighted by Crippen LogP contribution is 2.28. The zero-order chi connectivity index (χ0) is 15.0. The predicted octanol–water partition coefficient (Wildman–Crippen LogP) is 4.21. The summed E-state index contributed by atoms with van der Waals surface area (Å²) in [4.78, 5) is 23.1. The number of amides is 1. The van der Waals surface area contributed by atoms with Crippen LogP contribution in [-0.4, -0.2) is 17.0 Å². The molecule has 0 aliphatic heterocycles. The number of benzene rings is 1. The highest BCUT2D eigenvalue weighted by atomic mass is 79.9. The molecule has 0 radical (unpaired) electrons. The van der Waals surface area contributed by atoms with Crippen LogP contribution in [0.25, 0.3) is 11.0 Å². The van der Waals surface area contributed by atoms with Crippen LogP contribution >= 0.6 is 27.3 Å². The molecule has 0 saturated heterocycles. The van der Waals surface area contributed by atoms with E-state index >= 15 is 0 Å². The van der Waals surface area contributed by atoms with Gasteiger partial charge in [0, 0.05) is 5.39 Å². The molecule has 1 aromatic carbocycles. The van der Waals surface area contributed by atoms with Gasteiger partial charge in [0.15, 0.2) is 5.76 Å². The highest BCUT2D eigenvalue weighted by Gasteiger charge is 2.15. The van der Waals surface area contributed by atoms with Crippen molar-refractivity contribution >= 4 is 55.1 Å². The van der Waals surface area contributed by atoms with E-state index in [-0.39, 0.29) is 10.6 Å². The largest absolute Gasteiger partial charge is 0.477 e. The number of furan rings is 1. The van der Waals surface area contributed by atoms with E-state index in [9.17, 15) is 9.59 Å². The monoisotopic (exact) mass is 365 g/mol.